The van der Waals surface area contributed by atoms with Gasteiger partial charge in [-0.2, -0.15) is 0 Å². The van der Waals surface area contributed by atoms with Gasteiger partial charge in [0.05, 0.1) is 10.2 Å². The molecule has 156 valence electrons. The number of pyridine rings is 3. The highest BCUT2D eigenvalue weighted by molar-refractivity contribution is 7.21. The zero-order chi connectivity index (χ0) is 20.9. The SMILES string of the molecule is Cc1cccnc1-c1nc2cc(Nc3ccc(F)c(N4C[C@@H]5C[C@H]4CN5)n3)ncc2s1. The van der Waals surface area contributed by atoms with Crippen LogP contribution in [-0.2, 0) is 0 Å². The minimum atomic E-state index is -0.295. The van der Waals surface area contributed by atoms with E-state index in [-0.39, 0.29) is 5.82 Å². The van der Waals surface area contributed by atoms with E-state index in [1.54, 1.807) is 29.8 Å². The first-order chi connectivity index (χ1) is 15.1. The molecule has 0 spiro atoms. The normalized spacial score (nSPS) is 20.0. The summed E-state index contributed by atoms with van der Waals surface area (Å²) in [6.45, 7) is 3.69. The Bertz CT molecular complexity index is 1290. The molecule has 0 saturated carbocycles. The molecule has 4 aromatic rings. The molecule has 2 fully saturated rings. The molecule has 9 heteroatoms. The lowest BCUT2D eigenvalue weighted by Gasteiger charge is -2.29. The van der Waals surface area contributed by atoms with Crippen LogP contribution in [0.4, 0.5) is 21.8 Å². The molecule has 6 rings (SSSR count). The third-order valence-electron chi connectivity index (χ3n) is 5.90. The average molecular weight is 434 g/mol. The smallest absolute Gasteiger partial charge is 0.167 e. The van der Waals surface area contributed by atoms with Crippen LogP contribution in [0.5, 0.6) is 0 Å². The van der Waals surface area contributed by atoms with Gasteiger partial charge in [-0.15, -0.1) is 11.3 Å². The molecule has 2 saturated heterocycles. The summed E-state index contributed by atoms with van der Waals surface area (Å²) in [6, 6.07) is 9.67. The van der Waals surface area contributed by atoms with E-state index in [0.29, 0.717) is 29.5 Å². The second-order valence-electron chi connectivity index (χ2n) is 8.00. The lowest BCUT2D eigenvalue weighted by atomic mass is 10.2. The van der Waals surface area contributed by atoms with Crippen molar-refractivity contribution in [3.63, 3.8) is 0 Å². The van der Waals surface area contributed by atoms with Crippen LogP contribution in [0, 0.1) is 12.7 Å². The predicted molar refractivity (Wildman–Crippen MR) is 120 cm³/mol. The van der Waals surface area contributed by atoms with E-state index < -0.39 is 0 Å². The fraction of sp³-hybridized carbons (Fsp3) is 0.273. The number of halogens is 1. The van der Waals surface area contributed by atoms with E-state index in [0.717, 1.165) is 46.0 Å². The summed E-state index contributed by atoms with van der Waals surface area (Å²) in [5.74, 6) is 1.30. The molecule has 2 aliphatic heterocycles. The number of aromatic nitrogens is 4. The Morgan fingerprint density at radius 1 is 1.19 bits per heavy atom. The summed E-state index contributed by atoms with van der Waals surface area (Å²) in [5.41, 5.74) is 2.81. The highest BCUT2D eigenvalue weighted by atomic mass is 32.1. The minimum Gasteiger partial charge on any atom is -0.348 e. The van der Waals surface area contributed by atoms with Gasteiger partial charge in [0.15, 0.2) is 11.6 Å². The van der Waals surface area contributed by atoms with E-state index in [2.05, 4.69) is 30.5 Å². The van der Waals surface area contributed by atoms with Crippen LogP contribution in [0.15, 0.2) is 42.7 Å². The van der Waals surface area contributed by atoms with E-state index in [1.807, 2.05) is 25.1 Å². The van der Waals surface area contributed by atoms with Gasteiger partial charge in [0.25, 0.3) is 0 Å². The van der Waals surface area contributed by atoms with Crippen molar-refractivity contribution in [1.82, 2.24) is 25.3 Å². The Morgan fingerprint density at radius 2 is 2.13 bits per heavy atom. The van der Waals surface area contributed by atoms with E-state index in [9.17, 15) is 4.39 Å². The lowest BCUT2D eigenvalue weighted by Crippen LogP contribution is -2.44. The number of hydrogen-bond donors (Lipinski definition) is 2. The molecule has 0 amide bonds. The zero-order valence-electron chi connectivity index (χ0n) is 16.8. The number of thiazole rings is 1. The Balaban J connectivity index is 1.29. The number of rotatable bonds is 4. The molecular formula is C22H20FN7S. The van der Waals surface area contributed by atoms with Crippen molar-refractivity contribution >= 4 is 39.0 Å². The van der Waals surface area contributed by atoms with Crippen LogP contribution in [0.2, 0.25) is 0 Å². The molecule has 0 unspecified atom stereocenters. The standard InChI is InChI=1S/C22H20FN7S/c1-12-3-2-6-24-20(12)22-27-16-8-19(26-10-17(16)31-22)28-18-5-4-15(23)21(29-18)30-11-13-7-14(30)9-25-13/h2-6,8,10,13-14,25H,7,9,11H2,1H3,(H,26,28,29)/t13-,14-/m0/s1. The van der Waals surface area contributed by atoms with Gasteiger partial charge >= 0.3 is 0 Å². The van der Waals surface area contributed by atoms with Crippen molar-refractivity contribution in [3.8, 4) is 10.7 Å². The third-order valence-corrected chi connectivity index (χ3v) is 6.91. The maximum atomic E-state index is 14.5. The van der Waals surface area contributed by atoms with Crippen LogP contribution in [0.1, 0.15) is 12.0 Å². The summed E-state index contributed by atoms with van der Waals surface area (Å²) in [4.78, 5) is 20.3. The Morgan fingerprint density at radius 3 is 2.94 bits per heavy atom. The van der Waals surface area contributed by atoms with Gasteiger partial charge in [0, 0.05) is 43.6 Å². The first kappa shape index (κ1) is 18.6. The van der Waals surface area contributed by atoms with Crippen molar-refractivity contribution < 1.29 is 4.39 Å². The van der Waals surface area contributed by atoms with Gasteiger partial charge in [-0.05, 0) is 37.1 Å². The second kappa shape index (κ2) is 7.21. The molecular weight excluding hydrogens is 413 g/mol. The lowest BCUT2D eigenvalue weighted by molar-refractivity contribution is 0.554. The Hall–Kier alpha value is -3.17. The summed E-state index contributed by atoms with van der Waals surface area (Å²) < 4.78 is 15.5. The van der Waals surface area contributed by atoms with Gasteiger partial charge < -0.3 is 15.5 Å². The van der Waals surface area contributed by atoms with Crippen LogP contribution in [0.3, 0.4) is 0 Å². The quantitative estimate of drug-likeness (QED) is 0.505. The number of nitrogens with zero attached hydrogens (tertiary/aromatic N) is 5. The van der Waals surface area contributed by atoms with Gasteiger partial charge in [0.2, 0.25) is 0 Å². The molecule has 2 bridgehead atoms. The fourth-order valence-electron chi connectivity index (χ4n) is 4.37. The van der Waals surface area contributed by atoms with Crippen LogP contribution < -0.4 is 15.5 Å². The molecule has 0 aliphatic carbocycles. The predicted octanol–water partition coefficient (Wildman–Crippen LogP) is 3.89. The van der Waals surface area contributed by atoms with Crippen molar-refractivity contribution in [2.75, 3.05) is 23.3 Å². The summed E-state index contributed by atoms with van der Waals surface area (Å²) in [5, 5.41) is 7.51. The van der Waals surface area contributed by atoms with Crippen molar-refractivity contribution in [1.29, 1.82) is 0 Å². The molecule has 31 heavy (non-hydrogen) atoms. The molecule has 6 heterocycles. The van der Waals surface area contributed by atoms with Crippen LogP contribution >= 0.6 is 11.3 Å². The monoisotopic (exact) mass is 433 g/mol. The van der Waals surface area contributed by atoms with E-state index >= 15 is 0 Å². The van der Waals surface area contributed by atoms with Gasteiger partial charge in [-0.25, -0.2) is 19.3 Å². The molecule has 7 nitrogen and oxygen atoms in total. The number of aryl methyl sites for hydroxylation is 1. The fourth-order valence-corrected chi connectivity index (χ4v) is 5.34. The van der Waals surface area contributed by atoms with E-state index in [1.165, 1.54) is 6.07 Å². The molecule has 0 radical (unpaired) electrons. The molecule has 0 aromatic carbocycles. The molecule has 2 atom stereocenters. The summed E-state index contributed by atoms with van der Waals surface area (Å²) >= 11 is 1.57. The number of piperazine rings is 1. The van der Waals surface area contributed by atoms with Crippen LogP contribution in [0.25, 0.3) is 20.9 Å². The summed E-state index contributed by atoms with van der Waals surface area (Å²) in [7, 11) is 0. The minimum absolute atomic E-state index is 0.295. The first-order valence-corrected chi connectivity index (χ1v) is 11.1. The van der Waals surface area contributed by atoms with Crippen molar-refractivity contribution in [3.05, 3.63) is 54.1 Å². The van der Waals surface area contributed by atoms with E-state index in [4.69, 9.17) is 4.98 Å². The van der Waals surface area contributed by atoms with Gasteiger partial charge in [-0.3, -0.25) is 4.98 Å². The van der Waals surface area contributed by atoms with Gasteiger partial charge in [-0.1, -0.05) is 6.07 Å². The first-order valence-electron chi connectivity index (χ1n) is 10.3. The van der Waals surface area contributed by atoms with Crippen LogP contribution in [-0.4, -0.2) is 45.1 Å². The maximum absolute atomic E-state index is 14.5. The molecule has 2 N–H and O–H groups in total. The van der Waals surface area contributed by atoms with Crippen molar-refractivity contribution in [2.24, 2.45) is 0 Å². The summed E-state index contributed by atoms with van der Waals surface area (Å²) in [6.07, 6.45) is 4.62. The Labute approximate surface area is 182 Å². The molecule has 4 aromatic heterocycles. The number of anilines is 3. The molecule has 2 aliphatic rings. The number of fused-ring (bicyclic) bond motifs is 3. The largest absolute Gasteiger partial charge is 0.348 e. The highest BCUT2D eigenvalue weighted by Gasteiger charge is 2.39. The average Bonchev–Trinajstić information content (AvgIpc) is 3.50. The zero-order valence-corrected chi connectivity index (χ0v) is 17.7. The maximum Gasteiger partial charge on any atom is 0.167 e. The Kier molecular flexibility index (Phi) is 4.32. The number of hydrogen-bond acceptors (Lipinski definition) is 8. The van der Waals surface area contributed by atoms with Gasteiger partial charge in [0.1, 0.15) is 22.3 Å². The topological polar surface area (TPSA) is 78.9 Å². The number of nitrogens with one attached hydrogen (secondary N) is 2. The van der Waals surface area contributed by atoms with Crippen molar-refractivity contribution in [2.45, 2.75) is 25.4 Å². The highest BCUT2D eigenvalue weighted by Crippen LogP contribution is 2.33. The third kappa shape index (κ3) is 3.30. The second-order valence-corrected chi connectivity index (χ2v) is 9.03.